The number of halogens is 2. The number of aryl methyl sites for hydroxylation is 1. The van der Waals surface area contributed by atoms with Crippen LogP contribution in [0.1, 0.15) is 27.7 Å². The Kier molecular flexibility index (Phi) is 3.33. The molecule has 1 amide bonds. The van der Waals surface area contributed by atoms with Gasteiger partial charge in [0.15, 0.2) is 0 Å². The molecule has 2 aromatic rings. The smallest absolute Gasteiger partial charge is 0.257 e. The summed E-state index contributed by atoms with van der Waals surface area (Å²) in [5.74, 6) is -0.582. The third kappa shape index (κ3) is 2.16. The molecule has 0 fully saturated rings. The van der Waals surface area contributed by atoms with E-state index in [2.05, 4.69) is 5.32 Å². The lowest BCUT2D eigenvalue weighted by molar-refractivity contribution is 0.0732. The van der Waals surface area contributed by atoms with E-state index in [1.54, 1.807) is 19.2 Å². The molecule has 1 unspecified atom stereocenters. The van der Waals surface area contributed by atoms with Gasteiger partial charge >= 0.3 is 0 Å². The highest BCUT2D eigenvalue weighted by atomic mass is 35.5. The van der Waals surface area contributed by atoms with Crippen LogP contribution in [0.25, 0.3) is 0 Å². The predicted octanol–water partition coefficient (Wildman–Crippen LogP) is 3.98. The van der Waals surface area contributed by atoms with Gasteiger partial charge in [0.25, 0.3) is 5.91 Å². The minimum Gasteiger partial charge on any atom is -0.361 e. The second-order valence-electron chi connectivity index (χ2n) is 5.10. The molecular weight excluding hydrogens is 291 g/mol. The zero-order valence-electron chi connectivity index (χ0n) is 11.7. The third-order valence-corrected chi connectivity index (χ3v) is 4.09. The summed E-state index contributed by atoms with van der Waals surface area (Å²) in [6.45, 7) is 1.88. The zero-order valence-corrected chi connectivity index (χ0v) is 12.4. The predicted molar refractivity (Wildman–Crippen MR) is 81.0 cm³/mol. The fourth-order valence-electron chi connectivity index (χ4n) is 2.65. The Morgan fingerprint density at radius 3 is 2.67 bits per heavy atom. The van der Waals surface area contributed by atoms with Crippen LogP contribution in [0.15, 0.2) is 36.4 Å². The highest BCUT2D eigenvalue weighted by molar-refractivity contribution is 6.31. The molecule has 1 aliphatic heterocycles. The van der Waals surface area contributed by atoms with Crippen molar-refractivity contribution in [3.63, 3.8) is 0 Å². The van der Waals surface area contributed by atoms with Crippen molar-refractivity contribution in [2.24, 2.45) is 0 Å². The average molecular weight is 305 g/mol. The van der Waals surface area contributed by atoms with Gasteiger partial charge in [0.05, 0.1) is 10.6 Å². The first-order valence-electron chi connectivity index (χ1n) is 6.58. The van der Waals surface area contributed by atoms with E-state index in [1.807, 2.05) is 25.1 Å². The third-order valence-electron chi connectivity index (χ3n) is 3.76. The molecule has 1 N–H and O–H groups in total. The number of anilines is 1. The molecule has 3 rings (SSSR count). The van der Waals surface area contributed by atoms with Crippen molar-refractivity contribution < 1.29 is 9.18 Å². The van der Waals surface area contributed by atoms with E-state index in [0.717, 1.165) is 5.56 Å². The van der Waals surface area contributed by atoms with E-state index in [4.69, 9.17) is 11.6 Å². The summed E-state index contributed by atoms with van der Waals surface area (Å²) in [5.41, 5.74) is 2.48. The molecule has 1 aliphatic rings. The summed E-state index contributed by atoms with van der Waals surface area (Å²) in [5, 5.41) is 3.49. The maximum absolute atomic E-state index is 14.1. The van der Waals surface area contributed by atoms with Crippen LogP contribution in [0, 0.1) is 12.7 Å². The van der Waals surface area contributed by atoms with E-state index in [9.17, 15) is 9.18 Å². The van der Waals surface area contributed by atoms with Gasteiger partial charge in [0.2, 0.25) is 0 Å². The molecule has 0 aromatic heterocycles. The fraction of sp³-hybridized carbons (Fsp3) is 0.188. The zero-order chi connectivity index (χ0) is 15.1. The molecule has 0 spiro atoms. The number of benzene rings is 2. The summed E-state index contributed by atoms with van der Waals surface area (Å²) in [7, 11) is 1.64. The van der Waals surface area contributed by atoms with Gasteiger partial charge in [-0.2, -0.15) is 0 Å². The number of fused-ring (bicyclic) bond motifs is 1. The van der Waals surface area contributed by atoms with E-state index >= 15 is 0 Å². The summed E-state index contributed by atoms with van der Waals surface area (Å²) in [6.07, 6.45) is -0.625. The van der Waals surface area contributed by atoms with Crippen LogP contribution < -0.4 is 5.32 Å². The molecule has 2 aromatic carbocycles. The standard InChI is InChI=1S/C16H14ClFN2O/c1-9-5-3-8-12-13(9)16(21)20(2)15(19-12)14-10(17)6-4-7-11(14)18/h3-8,15,19H,1-2H3. The first-order chi connectivity index (χ1) is 10.0. The van der Waals surface area contributed by atoms with Gasteiger partial charge in [0, 0.05) is 18.3 Å². The first-order valence-corrected chi connectivity index (χ1v) is 6.95. The Bertz CT molecular complexity index is 712. The summed E-state index contributed by atoms with van der Waals surface area (Å²) < 4.78 is 14.1. The number of hydrogen-bond acceptors (Lipinski definition) is 2. The lowest BCUT2D eigenvalue weighted by Gasteiger charge is -2.36. The van der Waals surface area contributed by atoms with Crippen LogP contribution in [-0.2, 0) is 0 Å². The number of nitrogens with zero attached hydrogens (tertiary/aromatic N) is 1. The van der Waals surface area contributed by atoms with Gasteiger partial charge in [-0.15, -0.1) is 0 Å². The molecule has 0 saturated heterocycles. The van der Waals surface area contributed by atoms with Crippen molar-refractivity contribution in [2.75, 3.05) is 12.4 Å². The van der Waals surface area contributed by atoms with Crippen LogP contribution in [0.4, 0.5) is 10.1 Å². The molecule has 0 bridgehead atoms. The Morgan fingerprint density at radius 1 is 1.24 bits per heavy atom. The van der Waals surface area contributed by atoms with Gasteiger partial charge in [-0.3, -0.25) is 4.79 Å². The van der Waals surface area contributed by atoms with Crippen LogP contribution in [0.5, 0.6) is 0 Å². The van der Waals surface area contributed by atoms with Crippen molar-refractivity contribution in [1.29, 1.82) is 0 Å². The molecule has 0 aliphatic carbocycles. The maximum atomic E-state index is 14.1. The minimum atomic E-state index is -0.625. The lowest BCUT2D eigenvalue weighted by Crippen LogP contribution is -2.41. The topological polar surface area (TPSA) is 32.3 Å². The highest BCUT2D eigenvalue weighted by Gasteiger charge is 2.33. The van der Waals surface area contributed by atoms with E-state index < -0.39 is 12.0 Å². The Labute approximate surface area is 127 Å². The summed E-state index contributed by atoms with van der Waals surface area (Å²) in [6, 6.07) is 10.1. The van der Waals surface area contributed by atoms with Crippen LogP contribution in [0.2, 0.25) is 5.02 Å². The number of amides is 1. The van der Waals surface area contributed by atoms with Gasteiger partial charge < -0.3 is 10.2 Å². The average Bonchev–Trinajstić information content (AvgIpc) is 2.43. The molecule has 21 heavy (non-hydrogen) atoms. The van der Waals surface area contributed by atoms with Crippen molar-refractivity contribution >= 4 is 23.2 Å². The number of hydrogen-bond donors (Lipinski definition) is 1. The maximum Gasteiger partial charge on any atom is 0.257 e. The molecule has 3 nitrogen and oxygen atoms in total. The Balaban J connectivity index is 2.13. The quantitative estimate of drug-likeness (QED) is 0.864. The van der Waals surface area contributed by atoms with Gasteiger partial charge in [-0.1, -0.05) is 29.8 Å². The van der Waals surface area contributed by atoms with Crippen LogP contribution >= 0.6 is 11.6 Å². The second kappa shape index (κ2) is 5.04. The molecule has 1 atom stereocenters. The van der Waals surface area contributed by atoms with Crippen molar-refractivity contribution in [1.82, 2.24) is 4.90 Å². The van der Waals surface area contributed by atoms with Crippen molar-refractivity contribution in [3.8, 4) is 0 Å². The monoisotopic (exact) mass is 304 g/mol. The molecular formula is C16H14ClFN2O. The Hall–Kier alpha value is -2.07. The minimum absolute atomic E-state index is 0.147. The summed E-state index contributed by atoms with van der Waals surface area (Å²) in [4.78, 5) is 14.0. The Morgan fingerprint density at radius 2 is 1.95 bits per heavy atom. The number of carbonyl (C=O) groups excluding carboxylic acids is 1. The number of rotatable bonds is 1. The molecule has 108 valence electrons. The SMILES string of the molecule is Cc1cccc2c1C(=O)N(C)C(c1c(F)cccc1Cl)N2. The number of carbonyl (C=O) groups is 1. The van der Waals surface area contributed by atoms with Gasteiger partial charge in [0.1, 0.15) is 12.0 Å². The normalized spacial score (nSPS) is 17.4. The largest absolute Gasteiger partial charge is 0.361 e. The summed E-state index contributed by atoms with van der Waals surface area (Å²) >= 11 is 6.12. The highest BCUT2D eigenvalue weighted by Crippen LogP contribution is 2.37. The van der Waals surface area contributed by atoms with Crippen molar-refractivity contribution in [3.05, 3.63) is 63.9 Å². The fourth-order valence-corrected chi connectivity index (χ4v) is 2.91. The van der Waals surface area contributed by atoms with E-state index in [-0.39, 0.29) is 11.5 Å². The molecule has 5 heteroatoms. The van der Waals surface area contributed by atoms with Crippen LogP contribution in [0.3, 0.4) is 0 Å². The van der Waals surface area contributed by atoms with Crippen molar-refractivity contribution in [2.45, 2.75) is 13.1 Å². The second-order valence-corrected chi connectivity index (χ2v) is 5.50. The van der Waals surface area contributed by atoms with Gasteiger partial charge in [-0.05, 0) is 30.7 Å². The molecule has 0 radical (unpaired) electrons. The van der Waals surface area contributed by atoms with E-state index in [1.165, 1.54) is 11.0 Å². The lowest BCUT2D eigenvalue weighted by atomic mass is 10.00. The van der Waals surface area contributed by atoms with Gasteiger partial charge in [-0.25, -0.2) is 4.39 Å². The van der Waals surface area contributed by atoms with E-state index in [0.29, 0.717) is 16.3 Å². The molecule has 0 saturated carbocycles. The first kappa shape index (κ1) is 13.9. The molecule has 1 heterocycles. The number of nitrogens with one attached hydrogen (secondary N) is 1. The van der Waals surface area contributed by atoms with Crippen LogP contribution in [-0.4, -0.2) is 17.9 Å².